The van der Waals surface area contributed by atoms with Crippen molar-refractivity contribution in [2.75, 3.05) is 13.3 Å². The van der Waals surface area contributed by atoms with Gasteiger partial charge in [-0.1, -0.05) is 53.0 Å². The molecule has 0 aliphatic carbocycles. The molecule has 0 saturated heterocycles. The minimum atomic E-state index is 0.0411. The second-order valence-corrected chi connectivity index (χ2v) is 7.00. The zero-order chi connectivity index (χ0) is 10.1. The van der Waals surface area contributed by atoms with Crippen LogP contribution in [0.15, 0.2) is 24.3 Å². The van der Waals surface area contributed by atoms with E-state index in [0.717, 1.165) is 0 Å². The molecule has 0 N–H and O–H groups in total. The van der Waals surface area contributed by atoms with Crippen molar-refractivity contribution in [3.63, 3.8) is 0 Å². The lowest BCUT2D eigenvalue weighted by atomic mass is 9.87. The van der Waals surface area contributed by atoms with Crippen LogP contribution in [0.5, 0.6) is 0 Å². The van der Waals surface area contributed by atoms with E-state index < -0.39 is 0 Å². The molecular formula is C12H19P. The molecule has 13 heavy (non-hydrogen) atoms. The second-order valence-electron chi connectivity index (χ2n) is 4.69. The summed E-state index contributed by atoms with van der Waals surface area (Å²) in [7, 11) is 0.0411. The third-order valence-electron chi connectivity index (χ3n) is 2.23. The van der Waals surface area contributed by atoms with Gasteiger partial charge in [-0.15, -0.1) is 0 Å². The third kappa shape index (κ3) is 2.81. The maximum Gasteiger partial charge on any atom is -0.0132 e. The van der Waals surface area contributed by atoms with Gasteiger partial charge in [0.25, 0.3) is 0 Å². The van der Waals surface area contributed by atoms with Crippen molar-refractivity contribution in [1.82, 2.24) is 0 Å². The molecule has 72 valence electrons. The second kappa shape index (κ2) is 3.80. The first kappa shape index (κ1) is 10.7. The number of benzene rings is 1. The lowest BCUT2D eigenvalue weighted by molar-refractivity contribution is 0.591. The van der Waals surface area contributed by atoms with E-state index in [1.54, 1.807) is 0 Å². The van der Waals surface area contributed by atoms with Crippen LogP contribution in [0.1, 0.15) is 26.3 Å². The maximum atomic E-state index is 2.35. The molecule has 1 aromatic carbocycles. The Morgan fingerprint density at radius 1 is 1.08 bits per heavy atom. The molecule has 1 heteroatoms. The summed E-state index contributed by atoms with van der Waals surface area (Å²) in [5, 5.41) is 1.50. The highest BCUT2D eigenvalue weighted by Crippen LogP contribution is 2.27. The molecule has 0 nitrogen and oxygen atoms in total. The molecule has 0 aromatic heterocycles. The Labute approximate surface area is 83.1 Å². The summed E-state index contributed by atoms with van der Waals surface area (Å²) in [6.07, 6.45) is 0. The molecule has 0 heterocycles. The standard InChI is InChI=1S/C12H19P/c1-12(2,3)10-7-6-8-11(9-10)13(4)5/h6-9H,1-5H3. The first-order valence-corrected chi connectivity index (χ1v) is 6.93. The van der Waals surface area contributed by atoms with Crippen LogP contribution in [-0.4, -0.2) is 13.3 Å². The molecule has 0 amide bonds. The molecule has 0 fully saturated rings. The van der Waals surface area contributed by atoms with Gasteiger partial charge in [-0.3, -0.25) is 0 Å². The SMILES string of the molecule is CP(C)c1cccc(C(C)(C)C)c1. The van der Waals surface area contributed by atoms with E-state index in [9.17, 15) is 0 Å². The third-order valence-corrected chi connectivity index (χ3v) is 3.54. The Morgan fingerprint density at radius 3 is 2.15 bits per heavy atom. The molecule has 0 spiro atoms. The van der Waals surface area contributed by atoms with E-state index >= 15 is 0 Å². The highest BCUT2D eigenvalue weighted by molar-refractivity contribution is 7.64. The van der Waals surface area contributed by atoms with Crippen molar-refractivity contribution in [2.24, 2.45) is 0 Å². The van der Waals surface area contributed by atoms with Crippen LogP contribution in [0.25, 0.3) is 0 Å². The summed E-state index contributed by atoms with van der Waals surface area (Å²) in [5.74, 6) is 0. The lowest BCUT2D eigenvalue weighted by Gasteiger charge is -2.20. The van der Waals surface area contributed by atoms with Gasteiger partial charge in [0, 0.05) is 0 Å². The normalized spacial score (nSPS) is 12.2. The van der Waals surface area contributed by atoms with Gasteiger partial charge in [0.15, 0.2) is 0 Å². The van der Waals surface area contributed by atoms with Crippen molar-refractivity contribution in [3.05, 3.63) is 29.8 Å². The summed E-state index contributed by atoms with van der Waals surface area (Å²) < 4.78 is 0. The summed E-state index contributed by atoms with van der Waals surface area (Å²) in [6, 6.07) is 8.99. The fourth-order valence-electron chi connectivity index (χ4n) is 1.25. The van der Waals surface area contributed by atoms with Gasteiger partial charge in [0.1, 0.15) is 0 Å². The van der Waals surface area contributed by atoms with Crippen molar-refractivity contribution < 1.29 is 0 Å². The van der Waals surface area contributed by atoms with Gasteiger partial charge in [0.2, 0.25) is 0 Å². The van der Waals surface area contributed by atoms with Crippen LogP contribution < -0.4 is 5.30 Å². The predicted octanol–water partition coefficient (Wildman–Crippen LogP) is 3.35. The van der Waals surface area contributed by atoms with E-state index in [-0.39, 0.29) is 13.3 Å². The van der Waals surface area contributed by atoms with Gasteiger partial charge >= 0.3 is 0 Å². The first-order chi connectivity index (χ1) is 5.91. The van der Waals surface area contributed by atoms with Gasteiger partial charge in [-0.25, -0.2) is 0 Å². The lowest BCUT2D eigenvalue weighted by Crippen LogP contribution is -2.13. The van der Waals surface area contributed by atoms with E-state index in [4.69, 9.17) is 0 Å². The van der Waals surface area contributed by atoms with Crippen LogP contribution in [0.4, 0.5) is 0 Å². The summed E-state index contributed by atoms with van der Waals surface area (Å²) in [6.45, 7) is 11.4. The molecule has 1 aromatic rings. The molecule has 0 aliphatic rings. The number of hydrogen-bond acceptors (Lipinski definition) is 0. The smallest absolute Gasteiger partial charge is 0.0132 e. The Kier molecular flexibility index (Phi) is 3.14. The van der Waals surface area contributed by atoms with Gasteiger partial charge in [-0.2, -0.15) is 0 Å². The van der Waals surface area contributed by atoms with Crippen molar-refractivity contribution in [3.8, 4) is 0 Å². The molecule has 0 aliphatic heterocycles. The summed E-state index contributed by atoms with van der Waals surface area (Å²) in [4.78, 5) is 0. The van der Waals surface area contributed by atoms with Crippen LogP contribution in [0.3, 0.4) is 0 Å². The summed E-state index contributed by atoms with van der Waals surface area (Å²) in [5.41, 5.74) is 1.72. The van der Waals surface area contributed by atoms with Gasteiger partial charge in [-0.05, 0) is 29.6 Å². The van der Waals surface area contributed by atoms with E-state index in [1.807, 2.05) is 0 Å². The van der Waals surface area contributed by atoms with Crippen molar-refractivity contribution in [2.45, 2.75) is 26.2 Å². The molecule has 1 rings (SSSR count). The van der Waals surface area contributed by atoms with E-state index in [1.165, 1.54) is 10.9 Å². The number of rotatable bonds is 1. The fourth-order valence-corrected chi connectivity index (χ4v) is 2.03. The zero-order valence-corrected chi connectivity index (χ0v) is 10.2. The molecule has 0 atom stereocenters. The maximum absolute atomic E-state index is 2.35. The van der Waals surface area contributed by atoms with Crippen LogP contribution in [0.2, 0.25) is 0 Å². The van der Waals surface area contributed by atoms with Gasteiger partial charge < -0.3 is 0 Å². The summed E-state index contributed by atoms with van der Waals surface area (Å²) >= 11 is 0. The highest BCUT2D eigenvalue weighted by atomic mass is 31.1. The zero-order valence-electron chi connectivity index (χ0n) is 9.26. The van der Waals surface area contributed by atoms with Crippen molar-refractivity contribution >= 4 is 13.2 Å². The fraction of sp³-hybridized carbons (Fsp3) is 0.500. The average molecular weight is 194 g/mol. The minimum absolute atomic E-state index is 0.0411. The molecule has 0 saturated carbocycles. The van der Waals surface area contributed by atoms with Crippen LogP contribution in [0, 0.1) is 0 Å². The Bertz CT molecular complexity index is 281. The minimum Gasteiger partial charge on any atom is -0.0817 e. The van der Waals surface area contributed by atoms with Gasteiger partial charge in [0.05, 0.1) is 0 Å². The largest absolute Gasteiger partial charge is 0.0817 e. The highest BCUT2D eigenvalue weighted by Gasteiger charge is 2.13. The molecule has 0 bridgehead atoms. The van der Waals surface area contributed by atoms with Crippen LogP contribution in [-0.2, 0) is 5.41 Å². The monoisotopic (exact) mass is 194 g/mol. The molecule has 0 radical (unpaired) electrons. The van der Waals surface area contributed by atoms with E-state index in [0.29, 0.717) is 0 Å². The predicted molar refractivity (Wildman–Crippen MR) is 63.5 cm³/mol. The Morgan fingerprint density at radius 2 is 1.69 bits per heavy atom. The van der Waals surface area contributed by atoms with E-state index in [2.05, 4.69) is 58.4 Å². The first-order valence-electron chi connectivity index (χ1n) is 4.69. The van der Waals surface area contributed by atoms with Crippen LogP contribution >= 0.6 is 7.92 Å². The number of hydrogen-bond donors (Lipinski definition) is 0. The quantitative estimate of drug-likeness (QED) is 0.601. The molecule has 0 unspecified atom stereocenters. The molecular weight excluding hydrogens is 175 g/mol. The topological polar surface area (TPSA) is 0 Å². The Balaban J connectivity index is 3.06. The Hall–Kier alpha value is -0.350. The van der Waals surface area contributed by atoms with Crippen molar-refractivity contribution in [1.29, 1.82) is 0 Å². The average Bonchev–Trinajstić information content (AvgIpc) is 2.03.